The minimum atomic E-state index is -0.823. The number of ether oxygens (including phenoxy) is 1. The van der Waals surface area contributed by atoms with Crippen molar-refractivity contribution in [1.82, 2.24) is 9.78 Å². The van der Waals surface area contributed by atoms with Gasteiger partial charge in [-0.3, -0.25) is 9.48 Å². The summed E-state index contributed by atoms with van der Waals surface area (Å²) in [5.74, 6) is 0.0198. The van der Waals surface area contributed by atoms with E-state index in [1.165, 1.54) is 0 Å². The Hall–Kier alpha value is -0.720. The average Bonchev–Trinajstić information content (AvgIpc) is 2.89. The molecule has 1 atom stereocenters. The summed E-state index contributed by atoms with van der Waals surface area (Å²) < 4.78 is 7.90. The van der Waals surface area contributed by atoms with Gasteiger partial charge in [0.1, 0.15) is 5.54 Å². The van der Waals surface area contributed by atoms with Crippen molar-refractivity contribution in [3.63, 3.8) is 0 Å². The molecule has 0 bridgehead atoms. The molecule has 1 aromatic heterocycles. The summed E-state index contributed by atoms with van der Waals surface area (Å²) in [5, 5.41) is 4.38. The number of halogens is 1. The molecule has 1 aliphatic heterocycles. The van der Waals surface area contributed by atoms with E-state index < -0.39 is 5.54 Å². The molecule has 2 N–H and O–H groups in total. The summed E-state index contributed by atoms with van der Waals surface area (Å²) in [5.41, 5.74) is 7.10. The Balaban J connectivity index is 2.19. The minimum Gasteiger partial charge on any atom is -0.379 e. The molecule has 0 radical (unpaired) electrons. The average molecular weight is 316 g/mol. The lowest BCUT2D eigenvalue weighted by molar-refractivity contribution is -0.123. The van der Waals surface area contributed by atoms with Gasteiger partial charge < -0.3 is 10.5 Å². The third-order valence-electron chi connectivity index (χ3n) is 3.44. The zero-order valence-corrected chi connectivity index (χ0v) is 12.3. The van der Waals surface area contributed by atoms with Gasteiger partial charge >= 0.3 is 0 Å². The molecule has 1 aliphatic rings. The minimum absolute atomic E-state index is 0.0198. The molecule has 0 aliphatic carbocycles. The van der Waals surface area contributed by atoms with Crippen LogP contribution in [0.25, 0.3) is 0 Å². The molecule has 2 heterocycles. The van der Waals surface area contributed by atoms with Crippen LogP contribution < -0.4 is 5.73 Å². The van der Waals surface area contributed by atoms with Crippen LogP contribution in [0.15, 0.2) is 4.47 Å². The van der Waals surface area contributed by atoms with Crippen molar-refractivity contribution in [1.29, 1.82) is 0 Å². The van der Waals surface area contributed by atoms with Gasteiger partial charge in [-0.2, -0.15) is 5.10 Å². The maximum Gasteiger partial charge on any atom is 0.161 e. The van der Waals surface area contributed by atoms with Crippen LogP contribution in [-0.2, 0) is 29.4 Å². The number of Topliss-reactive ketones (excluding diaryl/α,β-unsaturated/α-hetero) is 1. The molecule has 0 amide bonds. The Morgan fingerprint density at radius 2 is 2.39 bits per heavy atom. The second-order valence-corrected chi connectivity index (χ2v) is 5.54. The maximum atomic E-state index is 12.3. The number of nitrogens with zero attached hydrogens (tertiary/aromatic N) is 2. The van der Waals surface area contributed by atoms with Crippen LogP contribution in [0.5, 0.6) is 0 Å². The molecule has 1 saturated heterocycles. The largest absolute Gasteiger partial charge is 0.379 e. The van der Waals surface area contributed by atoms with Crippen molar-refractivity contribution < 1.29 is 9.53 Å². The van der Waals surface area contributed by atoms with E-state index in [4.69, 9.17) is 10.5 Å². The number of nitrogens with two attached hydrogens (primary N) is 1. The second-order valence-electron chi connectivity index (χ2n) is 4.74. The first-order valence-corrected chi connectivity index (χ1v) is 6.87. The molecule has 2 rings (SSSR count). The number of carbonyl (C=O) groups is 1. The van der Waals surface area contributed by atoms with Crippen molar-refractivity contribution in [3.8, 4) is 0 Å². The van der Waals surface area contributed by atoms with E-state index in [1.807, 2.05) is 14.0 Å². The Labute approximate surface area is 115 Å². The first kappa shape index (κ1) is 13.7. The normalized spacial score (nSPS) is 23.6. The zero-order valence-electron chi connectivity index (χ0n) is 10.7. The fourth-order valence-corrected chi connectivity index (χ4v) is 2.90. The highest BCUT2D eigenvalue weighted by Gasteiger charge is 2.38. The predicted molar refractivity (Wildman–Crippen MR) is 71.4 cm³/mol. The fourth-order valence-electron chi connectivity index (χ4n) is 2.14. The topological polar surface area (TPSA) is 70.1 Å². The Bertz CT molecular complexity index is 464. The van der Waals surface area contributed by atoms with Crippen LogP contribution in [0.3, 0.4) is 0 Å². The zero-order chi connectivity index (χ0) is 13.3. The van der Waals surface area contributed by atoms with E-state index in [0.29, 0.717) is 26.1 Å². The molecule has 1 unspecified atom stereocenters. The van der Waals surface area contributed by atoms with Crippen LogP contribution in [0.1, 0.15) is 24.7 Å². The van der Waals surface area contributed by atoms with Gasteiger partial charge in [0, 0.05) is 13.7 Å². The number of hydrogen-bond donors (Lipinski definition) is 1. The van der Waals surface area contributed by atoms with E-state index in [9.17, 15) is 4.79 Å². The van der Waals surface area contributed by atoms with Crippen molar-refractivity contribution in [2.24, 2.45) is 12.8 Å². The summed E-state index contributed by atoms with van der Waals surface area (Å²) in [7, 11) is 1.85. The number of hydrogen-bond acceptors (Lipinski definition) is 4. The maximum absolute atomic E-state index is 12.3. The lowest BCUT2D eigenvalue weighted by atomic mass is 9.91. The third-order valence-corrected chi connectivity index (χ3v) is 4.35. The van der Waals surface area contributed by atoms with Gasteiger partial charge in [-0.05, 0) is 28.8 Å². The first-order chi connectivity index (χ1) is 8.48. The third kappa shape index (κ3) is 2.37. The lowest BCUT2D eigenvalue weighted by Crippen LogP contribution is -2.49. The number of carbonyl (C=O) groups excluding carboxylic acids is 1. The van der Waals surface area contributed by atoms with E-state index in [2.05, 4.69) is 21.0 Å². The van der Waals surface area contributed by atoms with Gasteiger partial charge in [0.2, 0.25) is 0 Å². The van der Waals surface area contributed by atoms with Crippen LogP contribution in [0, 0.1) is 0 Å². The smallest absolute Gasteiger partial charge is 0.161 e. The Kier molecular flexibility index (Phi) is 3.89. The number of ketones is 1. The van der Waals surface area contributed by atoms with Gasteiger partial charge in [0.05, 0.1) is 28.9 Å². The van der Waals surface area contributed by atoms with Crippen LogP contribution >= 0.6 is 15.9 Å². The molecule has 0 spiro atoms. The van der Waals surface area contributed by atoms with Crippen LogP contribution in [0.2, 0.25) is 0 Å². The fraction of sp³-hybridized carbons (Fsp3) is 0.667. The van der Waals surface area contributed by atoms with Crippen LogP contribution in [0.4, 0.5) is 0 Å². The molecule has 100 valence electrons. The summed E-state index contributed by atoms with van der Waals surface area (Å²) >= 11 is 3.51. The van der Waals surface area contributed by atoms with E-state index in [1.54, 1.807) is 4.68 Å². The standard InChI is InChI=1S/C12H18BrN3O2/c1-3-8-11(13)9(16(2)15-8)6-10(17)12(14)4-5-18-7-12/h3-7,14H2,1-2H3. The summed E-state index contributed by atoms with van der Waals surface area (Å²) in [4.78, 5) is 12.3. The summed E-state index contributed by atoms with van der Waals surface area (Å²) in [6.45, 7) is 2.92. The summed E-state index contributed by atoms with van der Waals surface area (Å²) in [6, 6.07) is 0. The quantitative estimate of drug-likeness (QED) is 0.899. The second kappa shape index (κ2) is 5.11. The molecular weight excluding hydrogens is 298 g/mol. The van der Waals surface area contributed by atoms with Gasteiger partial charge in [-0.15, -0.1) is 0 Å². The number of aryl methyl sites for hydroxylation is 2. The molecule has 0 saturated carbocycles. The molecule has 1 aromatic rings. The molecule has 1 fully saturated rings. The molecule has 0 aromatic carbocycles. The highest BCUT2D eigenvalue weighted by atomic mass is 79.9. The molecule has 18 heavy (non-hydrogen) atoms. The molecular formula is C12H18BrN3O2. The highest BCUT2D eigenvalue weighted by Crippen LogP contribution is 2.25. The first-order valence-electron chi connectivity index (χ1n) is 6.08. The van der Waals surface area contributed by atoms with E-state index >= 15 is 0 Å². The van der Waals surface area contributed by atoms with Gasteiger partial charge in [0.15, 0.2) is 5.78 Å². The van der Waals surface area contributed by atoms with E-state index in [0.717, 1.165) is 22.3 Å². The SMILES string of the molecule is CCc1nn(C)c(CC(=O)C2(N)CCOC2)c1Br. The van der Waals surface area contributed by atoms with Crippen molar-refractivity contribution in [2.45, 2.75) is 31.7 Å². The summed E-state index contributed by atoms with van der Waals surface area (Å²) in [6.07, 6.45) is 1.73. The Morgan fingerprint density at radius 1 is 1.67 bits per heavy atom. The van der Waals surface area contributed by atoms with Crippen molar-refractivity contribution in [2.75, 3.05) is 13.2 Å². The van der Waals surface area contributed by atoms with E-state index in [-0.39, 0.29) is 5.78 Å². The number of aromatic nitrogens is 2. The molecule has 6 heteroatoms. The predicted octanol–water partition coefficient (Wildman–Crippen LogP) is 0.974. The van der Waals surface area contributed by atoms with Gasteiger partial charge in [-0.1, -0.05) is 6.92 Å². The van der Waals surface area contributed by atoms with Crippen molar-refractivity contribution >= 4 is 21.7 Å². The molecule has 5 nitrogen and oxygen atoms in total. The van der Waals surface area contributed by atoms with Crippen LogP contribution in [-0.4, -0.2) is 34.3 Å². The number of rotatable bonds is 4. The Morgan fingerprint density at radius 3 is 2.89 bits per heavy atom. The van der Waals surface area contributed by atoms with Gasteiger partial charge in [0.25, 0.3) is 0 Å². The van der Waals surface area contributed by atoms with Crippen molar-refractivity contribution in [3.05, 3.63) is 15.9 Å². The monoisotopic (exact) mass is 315 g/mol. The van der Waals surface area contributed by atoms with Gasteiger partial charge in [-0.25, -0.2) is 0 Å². The lowest BCUT2D eigenvalue weighted by Gasteiger charge is -2.19. The highest BCUT2D eigenvalue weighted by molar-refractivity contribution is 9.10.